The summed E-state index contributed by atoms with van der Waals surface area (Å²) >= 11 is 0. The Bertz CT molecular complexity index is 830. The maximum atomic E-state index is 10.8. The molecule has 5 heteroatoms. The number of rotatable bonds is 8. The molecule has 0 spiro atoms. The number of aromatic hydroxyl groups is 1. The molecule has 5 nitrogen and oxygen atoms in total. The Morgan fingerprint density at radius 3 is 2.43 bits per heavy atom. The maximum Gasteiger partial charge on any atom is 0.125 e. The van der Waals surface area contributed by atoms with Crippen LogP contribution in [0.25, 0.3) is 0 Å². The van der Waals surface area contributed by atoms with Crippen LogP contribution in [0.2, 0.25) is 0 Å². The molecule has 2 aromatic carbocycles. The Kier molecular flexibility index (Phi) is 7.75. The molecule has 0 amide bonds. The van der Waals surface area contributed by atoms with Crippen molar-refractivity contribution in [3.05, 3.63) is 58.7 Å². The number of aryl methyl sites for hydroxylation is 2. The van der Waals surface area contributed by atoms with Crippen molar-refractivity contribution in [3.63, 3.8) is 0 Å². The van der Waals surface area contributed by atoms with Gasteiger partial charge in [-0.25, -0.2) is 0 Å². The SMILES string of the molecule is Cc1ccc(C)c(OCC(O)CN(Cc2cccc(O)c2)C2CCC(O)CC2)c1C. The third-order valence-corrected chi connectivity index (χ3v) is 6.22. The summed E-state index contributed by atoms with van der Waals surface area (Å²) in [7, 11) is 0. The van der Waals surface area contributed by atoms with Crippen LogP contribution in [0, 0.1) is 20.8 Å². The number of ether oxygens (including phenoxy) is 1. The van der Waals surface area contributed by atoms with Gasteiger partial charge in [0.1, 0.15) is 24.2 Å². The van der Waals surface area contributed by atoms with Crippen LogP contribution in [-0.2, 0) is 6.54 Å². The van der Waals surface area contributed by atoms with E-state index < -0.39 is 6.10 Å². The fraction of sp³-hybridized carbons (Fsp3) is 0.520. The van der Waals surface area contributed by atoms with E-state index in [9.17, 15) is 15.3 Å². The van der Waals surface area contributed by atoms with Crippen LogP contribution in [-0.4, -0.2) is 51.6 Å². The van der Waals surface area contributed by atoms with Gasteiger partial charge >= 0.3 is 0 Å². The molecule has 1 saturated carbocycles. The van der Waals surface area contributed by atoms with Crippen LogP contribution in [0.3, 0.4) is 0 Å². The molecule has 2 aromatic rings. The molecule has 1 fully saturated rings. The minimum Gasteiger partial charge on any atom is -0.508 e. The smallest absolute Gasteiger partial charge is 0.125 e. The van der Waals surface area contributed by atoms with Crippen LogP contribution in [0.15, 0.2) is 36.4 Å². The summed E-state index contributed by atoms with van der Waals surface area (Å²) in [6.45, 7) is 7.50. The zero-order valence-electron chi connectivity index (χ0n) is 18.3. The van der Waals surface area contributed by atoms with Crippen molar-refractivity contribution in [2.75, 3.05) is 13.2 Å². The number of phenols is 1. The molecule has 1 unspecified atom stereocenters. The summed E-state index contributed by atoms with van der Waals surface area (Å²) in [5, 5.41) is 30.5. The summed E-state index contributed by atoms with van der Waals surface area (Å²) < 4.78 is 6.03. The Hall–Kier alpha value is -2.08. The minimum atomic E-state index is -0.631. The lowest BCUT2D eigenvalue weighted by Gasteiger charge is -2.37. The van der Waals surface area contributed by atoms with Crippen molar-refractivity contribution >= 4 is 0 Å². The fourth-order valence-electron chi connectivity index (χ4n) is 4.31. The normalized spacial score (nSPS) is 20.3. The van der Waals surface area contributed by atoms with Gasteiger partial charge < -0.3 is 20.1 Å². The lowest BCUT2D eigenvalue weighted by atomic mass is 9.91. The second-order valence-corrected chi connectivity index (χ2v) is 8.68. The van der Waals surface area contributed by atoms with E-state index >= 15 is 0 Å². The van der Waals surface area contributed by atoms with Crippen LogP contribution < -0.4 is 4.74 Å². The number of hydrogen-bond donors (Lipinski definition) is 3. The molecule has 1 aliphatic rings. The van der Waals surface area contributed by atoms with Crippen molar-refractivity contribution in [1.29, 1.82) is 0 Å². The summed E-state index contributed by atoms with van der Waals surface area (Å²) in [6.07, 6.45) is 2.54. The predicted octanol–water partition coefficient (Wildman–Crippen LogP) is 3.86. The van der Waals surface area contributed by atoms with Crippen molar-refractivity contribution in [2.24, 2.45) is 0 Å². The average Bonchev–Trinajstić information content (AvgIpc) is 2.71. The van der Waals surface area contributed by atoms with Crippen LogP contribution in [0.1, 0.15) is 47.9 Å². The largest absolute Gasteiger partial charge is 0.508 e. The van der Waals surface area contributed by atoms with Gasteiger partial charge in [-0.05, 0) is 80.8 Å². The summed E-state index contributed by atoms with van der Waals surface area (Å²) in [4.78, 5) is 2.27. The first-order valence-electron chi connectivity index (χ1n) is 10.9. The molecule has 3 rings (SSSR count). The van der Waals surface area contributed by atoms with Crippen molar-refractivity contribution in [3.8, 4) is 11.5 Å². The zero-order valence-corrected chi connectivity index (χ0v) is 18.3. The van der Waals surface area contributed by atoms with E-state index in [4.69, 9.17) is 4.74 Å². The number of benzene rings is 2. The zero-order chi connectivity index (χ0) is 21.7. The lowest BCUT2D eigenvalue weighted by Crippen LogP contribution is -2.44. The van der Waals surface area contributed by atoms with E-state index in [0.717, 1.165) is 48.1 Å². The molecule has 3 N–H and O–H groups in total. The molecule has 1 aliphatic carbocycles. The van der Waals surface area contributed by atoms with E-state index in [2.05, 4.69) is 17.9 Å². The van der Waals surface area contributed by atoms with Gasteiger partial charge in [-0.15, -0.1) is 0 Å². The highest BCUT2D eigenvalue weighted by Crippen LogP contribution is 2.27. The third kappa shape index (κ3) is 5.97. The van der Waals surface area contributed by atoms with E-state index in [1.807, 2.05) is 32.0 Å². The quantitative estimate of drug-likeness (QED) is 0.613. The minimum absolute atomic E-state index is 0.218. The molecular weight excluding hydrogens is 378 g/mol. The number of nitrogens with zero attached hydrogens (tertiary/aromatic N) is 1. The van der Waals surface area contributed by atoms with Gasteiger partial charge in [0.25, 0.3) is 0 Å². The van der Waals surface area contributed by atoms with Gasteiger partial charge in [-0.1, -0.05) is 24.3 Å². The van der Waals surface area contributed by atoms with Gasteiger partial charge in [0.15, 0.2) is 0 Å². The van der Waals surface area contributed by atoms with Gasteiger partial charge in [-0.2, -0.15) is 0 Å². The van der Waals surface area contributed by atoms with Crippen molar-refractivity contribution in [2.45, 2.75) is 71.2 Å². The second kappa shape index (κ2) is 10.3. The van der Waals surface area contributed by atoms with Gasteiger partial charge in [-0.3, -0.25) is 4.90 Å². The summed E-state index contributed by atoms with van der Waals surface area (Å²) in [6, 6.07) is 11.7. The topological polar surface area (TPSA) is 73.2 Å². The maximum absolute atomic E-state index is 10.8. The molecule has 0 aromatic heterocycles. The molecule has 30 heavy (non-hydrogen) atoms. The highest BCUT2D eigenvalue weighted by molar-refractivity contribution is 5.44. The lowest BCUT2D eigenvalue weighted by molar-refractivity contribution is 0.0230. The van der Waals surface area contributed by atoms with Gasteiger partial charge in [0.2, 0.25) is 0 Å². The molecule has 0 saturated heterocycles. The highest BCUT2D eigenvalue weighted by Gasteiger charge is 2.27. The summed E-state index contributed by atoms with van der Waals surface area (Å²) in [5.41, 5.74) is 4.37. The molecule has 0 aliphatic heterocycles. The number of aliphatic hydroxyl groups is 2. The molecular formula is C25H35NO4. The van der Waals surface area contributed by atoms with Crippen molar-refractivity contribution < 1.29 is 20.1 Å². The number of phenolic OH excluding ortho intramolecular Hbond substituents is 1. The Morgan fingerprint density at radius 1 is 1.03 bits per heavy atom. The number of hydrogen-bond acceptors (Lipinski definition) is 5. The van der Waals surface area contributed by atoms with Crippen molar-refractivity contribution in [1.82, 2.24) is 4.90 Å². The first-order chi connectivity index (χ1) is 14.3. The Balaban J connectivity index is 1.66. The number of aliphatic hydroxyl groups excluding tert-OH is 2. The van der Waals surface area contributed by atoms with Crippen LogP contribution in [0.5, 0.6) is 11.5 Å². The van der Waals surface area contributed by atoms with E-state index in [1.54, 1.807) is 12.1 Å². The third-order valence-electron chi connectivity index (χ3n) is 6.22. The van der Waals surface area contributed by atoms with Crippen LogP contribution in [0.4, 0.5) is 0 Å². The second-order valence-electron chi connectivity index (χ2n) is 8.68. The van der Waals surface area contributed by atoms with E-state index in [-0.39, 0.29) is 18.5 Å². The molecule has 1 atom stereocenters. The highest BCUT2D eigenvalue weighted by atomic mass is 16.5. The first kappa shape index (κ1) is 22.6. The Labute approximate surface area is 179 Å². The monoisotopic (exact) mass is 413 g/mol. The fourth-order valence-corrected chi connectivity index (χ4v) is 4.31. The van der Waals surface area contributed by atoms with E-state index in [1.165, 1.54) is 5.56 Å². The predicted molar refractivity (Wildman–Crippen MR) is 119 cm³/mol. The van der Waals surface area contributed by atoms with Gasteiger partial charge in [0.05, 0.1) is 6.10 Å². The molecule has 0 heterocycles. The molecule has 164 valence electrons. The molecule has 0 bridgehead atoms. The first-order valence-corrected chi connectivity index (χ1v) is 10.9. The summed E-state index contributed by atoms with van der Waals surface area (Å²) in [5.74, 6) is 1.11. The van der Waals surface area contributed by atoms with Crippen LogP contribution >= 0.6 is 0 Å². The Morgan fingerprint density at radius 2 is 1.73 bits per heavy atom. The average molecular weight is 414 g/mol. The molecule has 0 radical (unpaired) electrons. The van der Waals surface area contributed by atoms with E-state index in [0.29, 0.717) is 19.1 Å². The van der Waals surface area contributed by atoms with Gasteiger partial charge in [0, 0.05) is 19.1 Å². The standard InChI is InChI=1S/C25H35NO4/c1-17-7-8-18(2)25(19(17)3)30-16-24(29)15-26(21-9-11-22(27)12-10-21)14-20-5-4-6-23(28)13-20/h4-8,13,21-22,24,27-29H,9-12,14-16H2,1-3H3.